The predicted molar refractivity (Wildman–Crippen MR) is 138 cm³/mol. The molecule has 3 fully saturated rings. The number of fused-ring (bicyclic) bond motifs is 2. The number of nitrogens with one attached hydrogen (secondary N) is 1. The van der Waals surface area contributed by atoms with Crippen LogP contribution in [-0.4, -0.2) is 65.5 Å². The first-order chi connectivity index (χ1) is 16.8. The molecular weight excluding hydrogens is 456 g/mol. The molecule has 0 radical (unpaired) electrons. The number of H-pyrrole nitrogens is 1. The SMILES string of the molecule is CN(c1ncc(-c2ccc(-c3cn[nH]c3)c3ncsc23)nn1)C1(C)CC2(C)CCC3(C)CC1CN32. The summed E-state index contributed by atoms with van der Waals surface area (Å²) in [6.45, 7) is 8.51. The van der Waals surface area contributed by atoms with Crippen LogP contribution in [0.1, 0.15) is 46.5 Å². The summed E-state index contributed by atoms with van der Waals surface area (Å²) in [5.74, 6) is 1.32. The Hall–Kier alpha value is -2.91. The van der Waals surface area contributed by atoms with Crippen LogP contribution in [0.3, 0.4) is 0 Å². The summed E-state index contributed by atoms with van der Waals surface area (Å²) in [4.78, 5) is 14.6. The van der Waals surface area contributed by atoms with Crippen molar-refractivity contribution in [1.29, 1.82) is 0 Å². The maximum atomic E-state index is 4.83. The molecule has 2 bridgehead atoms. The Morgan fingerprint density at radius 1 is 1.06 bits per heavy atom. The van der Waals surface area contributed by atoms with Gasteiger partial charge in [0.15, 0.2) is 0 Å². The highest BCUT2D eigenvalue weighted by atomic mass is 32.1. The summed E-state index contributed by atoms with van der Waals surface area (Å²) in [6, 6.07) is 4.17. The fourth-order valence-electron chi connectivity index (χ4n) is 7.39. The number of aromatic nitrogens is 6. The average Bonchev–Trinajstić information content (AvgIpc) is 3.63. The summed E-state index contributed by atoms with van der Waals surface area (Å²) in [5, 5.41) is 16.3. The number of rotatable bonds is 4. The highest BCUT2D eigenvalue weighted by Gasteiger charge is 2.64. The fraction of sp³-hybridized carbons (Fsp3) is 0.500. The van der Waals surface area contributed by atoms with E-state index in [1.165, 1.54) is 25.8 Å². The van der Waals surface area contributed by atoms with E-state index >= 15 is 0 Å². The van der Waals surface area contributed by atoms with Crippen molar-refractivity contribution < 1.29 is 0 Å². The molecule has 3 aliphatic rings. The zero-order valence-electron chi connectivity index (χ0n) is 20.6. The van der Waals surface area contributed by atoms with Crippen LogP contribution < -0.4 is 4.90 Å². The minimum absolute atomic E-state index is 0.0177. The molecule has 1 N–H and O–H groups in total. The van der Waals surface area contributed by atoms with Crippen LogP contribution in [0.2, 0.25) is 0 Å². The maximum absolute atomic E-state index is 4.83. The van der Waals surface area contributed by atoms with E-state index in [1.807, 2.05) is 24.1 Å². The molecule has 1 aromatic carbocycles. The molecule has 0 amide bonds. The summed E-state index contributed by atoms with van der Waals surface area (Å²) >= 11 is 1.61. The van der Waals surface area contributed by atoms with Gasteiger partial charge in [0.25, 0.3) is 0 Å². The second-order valence-electron chi connectivity index (χ2n) is 11.4. The Morgan fingerprint density at radius 2 is 1.89 bits per heavy atom. The van der Waals surface area contributed by atoms with Gasteiger partial charge in [-0.2, -0.15) is 5.10 Å². The molecule has 3 aliphatic heterocycles. The topological polar surface area (TPSA) is 86.7 Å². The molecule has 3 saturated heterocycles. The third-order valence-corrected chi connectivity index (χ3v) is 10.3. The van der Waals surface area contributed by atoms with Gasteiger partial charge < -0.3 is 4.90 Å². The zero-order chi connectivity index (χ0) is 24.0. The Kier molecular flexibility index (Phi) is 4.32. The summed E-state index contributed by atoms with van der Waals surface area (Å²) in [7, 11) is 2.16. The van der Waals surface area contributed by atoms with Gasteiger partial charge in [-0.1, -0.05) is 12.1 Å². The van der Waals surface area contributed by atoms with Crippen molar-refractivity contribution in [3.8, 4) is 22.4 Å². The van der Waals surface area contributed by atoms with Crippen LogP contribution in [0.25, 0.3) is 32.6 Å². The maximum Gasteiger partial charge on any atom is 0.245 e. The minimum Gasteiger partial charge on any atom is -0.337 e. The molecule has 6 heterocycles. The molecule has 9 heteroatoms. The summed E-state index contributed by atoms with van der Waals surface area (Å²) < 4.78 is 1.09. The van der Waals surface area contributed by atoms with Gasteiger partial charge in [-0.3, -0.25) is 10.00 Å². The molecule has 4 unspecified atom stereocenters. The van der Waals surface area contributed by atoms with Gasteiger partial charge in [0, 0.05) is 53.1 Å². The molecule has 35 heavy (non-hydrogen) atoms. The highest BCUT2D eigenvalue weighted by molar-refractivity contribution is 7.17. The van der Waals surface area contributed by atoms with Crippen molar-refractivity contribution in [1.82, 2.24) is 35.3 Å². The van der Waals surface area contributed by atoms with Gasteiger partial charge in [0.2, 0.25) is 5.95 Å². The van der Waals surface area contributed by atoms with Gasteiger partial charge in [0.1, 0.15) is 5.69 Å². The number of benzene rings is 1. The number of hydrogen-bond acceptors (Lipinski definition) is 8. The first kappa shape index (κ1) is 21.4. The van der Waals surface area contributed by atoms with Gasteiger partial charge >= 0.3 is 0 Å². The number of anilines is 1. The zero-order valence-corrected chi connectivity index (χ0v) is 21.4. The Balaban J connectivity index is 1.21. The van der Waals surface area contributed by atoms with Gasteiger partial charge in [0.05, 0.1) is 28.1 Å². The van der Waals surface area contributed by atoms with Crippen molar-refractivity contribution in [3.05, 3.63) is 36.2 Å². The van der Waals surface area contributed by atoms with Crippen molar-refractivity contribution >= 4 is 27.5 Å². The van der Waals surface area contributed by atoms with Crippen LogP contribution in [-0.2, 0) is 0 Å². The first-order valence-electron chi connectivity index (χ1n) is 12.4. The average molecular weight is 487 g/mol. The number of hydrogen-bond donors (Lipinski definition) is 1. The van der Waals surface area contributed by atoms with Crippen molar-refractivity contribution in [2.24, 2.45) is 5.92 Å². The van der Waals surface area contributed by atoms with Gasteiger partial charge in [-0.25, -0.2) is 9.97 Å². The predicted octanol–water partition coefficient (Wildman–Crippen LogP) is 4.77. The van der Waals surface area contributed by atoms with Gasteiger partial charge in [-0.05, 0) is 52.4 Å². The number of thiazole rings is 1. The van der Waals surface area contributed by atoms with E-state index in [4.69, 9.17) is 4.98 Å². The van der Waals surface area contributed by atoms with Crippen molar-refractivity contribution in [2.75, 3.05) is 18.5 Å². The molecule has 4 aromatic rings. The van der Waals surface area contributed by atoms with E-state index in [9.17, 15) is 0 Å². The summed E-state index contributed by atoms with van der Waals surface area (Å²) in [5.41, 5.74) is 7.32. The van der Waals surface area contributed by atoms with Crippen molar-refractivity contribution in [2.45, 2.75) is 63.1 Å². The number of piperidine rings is 1. The minimum atomic E-state index is 0.0177. The van der Waals surface area contributed by atoms with Crippen LogP contribution in [0.5, 0.6) is 0 Å². The Morgan fingerprint density at radius 3 is 2.66 bits per heavy atom. The van der Waals surface area contributed by atoms with Crippen LogP contribution in [0.4, 0.5) is 5.95 Å². The molecule has 8 nitrogen and oxygen atoms in total. The molecule has 0 aliphatic carbocycles. The molecule has 180 valence electrons. The lowest BCUT2D eigenvalue weighted by Gasteiger charge is -2.53. The Labute approximate surface area is 208 Å². The van der Waals surface area contributed by atoms with Crippen LogP contribution in [0.15, 0.2) is 36.2 Å². The third-order valence-electron chi connectivity index (χ3n) is 9.40. The molecule has 4 atom stereocenters. The number of nitrogens with zero attached hydrogens (tertiary/aromatic N) is 7. The fourth-order valence-corrected chi connectivity index (χ4v) is 8.23. The lowest BCUT2D eigenvalue weighted by Crippen LogP contribution is -2.62. The normalized spacial score (nSPS) is 31.9. The molecule has 0 saturated carbocycles. The summed E-state index contributed by atoms with van der Waals surface area (Å²) in [6.07, 6.45) is 10.6. The molecule has 0 spiro atoms. The quantitative estimate of drug-likeness (QED) is 0.445. The van der Waals surface area contributed by atoms with E-state index in [2.05, 4.69) is 75.1 Å². The second-order valence-corrected chi connectivity index (χ2v) is 12.3. The van der Waals surface area contributed by atoms with E-state index in [1.54, 1.807) is 11.3 Å². The second kappa shape index (κ2) is 7.07. The van der Waals surface area contributed by atoms with Crippen LogP contribution >= 0.6 is 11.3 Å². The molecule has 3 aromatic heterocycles. The van der Waals surface area contributed by atoms with Gasteiger partial charge in [-0.15, -0.1) is 21.5 Å². The third kappa shape index (κ3) is 2.91. The Bertz CT molecular complexity index is 1420. The van der Waals surface area contributed by atoms with E-state index in [0.29, 0.717) is 17.4 Å². The molecular formula is C26H30N8S. The van der Waals surface area contributed by atoms with Crippen molar-refractivity contribution in [3.63, 3.8) is 0 Å². The monoisotopic (exact) mass is 486 g/mol. The standard InChI is InChI=1S/C26H30N8S/c1-24-7-8-25(2)14-26(3,17(9-24)13-34(24)25)33(4)23-27-12-20(31-32-23)19-6-5-18(16-10-29-30-11-16)21-22(19)35-15-28-21/h5-6,10-12,15,17H,7-9,13-14H2,1-4H3,(H,29,30). The lowest BCUT2D eigenvalue weighted by molar-refractivity contribution is 0.0350. The largest absolute Gasteiger partial charge is 0.337 e. The molecule has 7 rings (SSSR count). The van der Waals surface area contributed by atoms with E-state index in [-0.39, 0.29) is 11.1 Å². The van der Waals surface area contributed by atoms with E-state index < -0.39 is 0 Å². The smallest absolute Gasteiger partial charge is 0.245 e. The van der Waals surface area contributed by atoms with E-state index in [0.717, 1.165) is 39.0 Å². The lowest BCUT2D eigenvalue weighted by atomic mass is 9.69. The first-order valence-corrected chi connectivity index (χ1v) is 13.3. The number of aromatic amines is 1. The van der Waals surface area contributed by atoms with Crippen LogP contribution in [0, 0.1) is 5.92 Å². The highest BCUT2D eigenvalue weighted by Crippen LogP contribution is 2.60.